The van der Waals surface area contributed by atoms with Gasteiger partial charge in [-0.2, -0.15) is 0 Å². The maximum Gasteiger partial charge on any atom is 0.204 e. The van der Waals surface area contributed by atoms with Crippen LogP contribution in [0.4, 0.5) is 0 Å². The minimum Gasteiger partial charge on any atom is -0.390 e. The van der Waals surface area contributed by atoms with Gasteiger partial charge in [0.1, 0.15) is 17.3 Å². The van der Waals surface area contributed by atoms with Crippen LogP contribution in [0.2, 0.25) is 0 Å². The summed E-state index contributed by atoms with van der Waals surface area (Å²) in [5.41, 5.74) is -6.33. The minimum absolute atomic E-state index is 0.139. The average molecular weight is 292 g/mol. The molecule has 1 aliphatic rings. The van der Waals surface area contributed by atoms with Gasteiger partial charge in [-0.3, -0.25) is 4.79 Å². The largest absolute Gasteiger partial charge is 0.390 e. The number of hydrogen-bond acceptors (Lipinski definition) is 7. The summed E-state index contributed by atoms with van der Waals surface area (Å²) in [6, 6.07) is 0. The van der Waals surface area contributed by atoms with Crippen LogP contribution in [-0.4, -0.2) is 68.1 Å². The molecule has 0 saturated carbocycles. The number of ether oxygens (including phenoxy) is 2. The summed E-state index contributed by atoms with van der Waals surface area (Å²) in [5.74, 6) is -0.746. The molecule has 4 N–H and O–H groups in total. The zero-order chi connectivity index (χ0) is 15.9. The van der Waals surface area contributed by atoms with Crippen LogP contribution < -0.4 is 0 Å². The topological polar surface area (TPSA) is 116 Å². The molecule has 118 valence electrons. The monoisotopic (exact) mass is 292 g/mol. The van der Waals surface area contributed by atoms with Crippen molar-refractivity contribution in [1.82, 2.24) is 0 Å². The standard InChI is InChI=1S/C13H24O7/c1-6-19-10-13(18,8(3)15)12(5,17)9(20-10)11(4,16)7(2)14/h7,9-10,14,16-18H,6H2,1-5H3/t7?,9-,10?,11-,12+,13+/m1/s1. The summed E-state index contributed by atoms with van der Waals surface area (Å²) in [5, 5.41) is 41.1. The number of ketones is 1. The summed E-state index contributed by atoms with van der Waals surface area (Å²) in [6.07, 6.45) is -4.08. The first kappa shape index (κ1) is 17.5. The highest BCUT2D eigenvalue weighted by atomic mass is 16.7. The van der Waals surface area contributed by atoms with Gasteiger partial charge >= 0.3 is 0 Å². The Kier molecular flexibility index (Phi) is 4.65. The van der Waals surface area contributed by atoms with E-state index in [2.05, 4.69) is 0 Å². The zero-order valence-electron chi connectivity index (χ0n) is 12.5. The summed E-state index contributed by atoms with van der Waals surface area (Å²) < 4.78 is 10.5. The third kappa shape index (κ3) is 2.28. The summed E-state index contributed by atoms with van der Waals surface area (Å²) >= 11 is 0. The van der Waals surface area contributed by atoms with E-state index in [-0.39, 0.29) is 6.61 Å². The van der Waals surface area contributed by atoms with Crippen molar-refractivity contribution in [2.75, 3.05) is 6.61 Å². The first-order chi connectivity index (χ1) is 8.93. The molecule has 1 saturated heterocycles. The fraction of sp³-hybridized carbons (Fsp3) is 0.923. The minimum atomic E-state index is -2.33. The Morgan fingerprint density at radius 3 is 2.35 bits per heavy atom. The van der Waals surface area contributed by atoms with Crippen molar-refractivity contribution < 1.29 is 34.7 Å². The third-order valence-electron chi connectivity index (χ3n) is 4.11. The quantitative estimate of drug-likeness (QED) is 0.511. The van der Waals surface area contributed by atoms with Crippen molar-refractivity contribution in [1.29, 1.82) is 0 Å². The van der Waals surface area contributed by atoms with Crippen LogP contribution >= 0.6 is 0 Å². The molecule has 1 aliphatic heterocycles. The molecule has 2 unspecified atom stereocenters. The van der Waals surface area contributed by atoms with Crippen molar-refractivity contribution in [3.05, 3.63) is 0 Å². The second kappa shape index (κ2) is 5.32. The van der Waals surface area contributed by atoms with Gasteiger partial charge in [0, 0.05) is 6.61 Å². The normalized spacial score (nSPS) is 42.2. The highest BCUT2D eigenvalue weighted by molar-refractivity contribution is 5.87. The fourth-order valence-corrected chi connectivity index (χ4v) is 2.55. The Morgan fingerprint density at radius 1 is 1.50 bits per heavy atom. The van der Waals surface area contributed by atoms with E-state index >= 15 is 0 Å². The number of carbonyl (C=O) groups excluding carboxylic acids is 1. The molecule has 0 amide bonds. The molecule has 0 bridgehead atoms. The van der Waals surface area contributed by atoms with E-state index in [1.54, 1.807) is 6.92 Å². The Morgan fingerprint density at radius 2 is 2.00 bits per heavy atom. The number of aliphatic hydroxyl groups is 4. The molecule has 1 fully saturated rings. The molecule has 0 aromatic heterocycles. The van der Waals surface area contributed by atoms with E-state index in [1.165, 1.54) is 20.8 Å². The summed E-state index contributed by atoms with van der Waals surface area (Å²) in [4.78, 5) is 11.8. The summed E-state index contributed by atoms with van der Waals surface area (Å²) in [7, 11) is 0. The molecular formula is C13H24O7. The third-order valence-corrected chi connectivity index (χ3v) is 4.11. The fourth-order valence-electron chi connectivity index (χ4n) is 2.55. The van der Waals surface area contributed by atoms with Gasteiger partial charge in [0.25, 0.3) is 0 Å². The zero-order valence-corrected chi connectivity index (χ0v) is 12.5. The van der Waals surface area contributed by atoms with Crippen LogP contribution in [0.1, 0.15) is 34.6 Å². The molecule has 0 aromatic carbocycles. The number of Topliss-reactive ketones (excluding diaryl/α,β-unsaturated/α-hetero) is 1. The maximum absolute atomic E-state index is 11.8. The predicted molar refractivity (Wildman–Crippen MR) is 68.8 cm³/mol. The molecule has 0 aromatic rings. The number of aliphatic hydroxyl groups excluding tert-OH is 1. The number of rotatable bonds is 5. The van der Waals surface area contributed by atoms with Gasteiger partial charge in [-0.25, -0.2) is 0 Å². The first-order valence-corrected chi connectivity index (χ1v) is 6.57. The van der Waals surface area contributed by atoms with Gasteiger partial charge < -0.3 is 29.9 Å². The lowest BCUT2D eigenvalue weighted by Gasteiger charge is -2.41. The average Bonchev–Trinajstić information content (AvgIpc) is 2.51. The molecular weight excluding hydrogens is 268 g/mol. The van der Waals surface area contributed by atoms with Crippen LogP contribution in [0.15, 0.2) is 0 Å². The van der Waals surface area contributed by atoms with Gasteiger partial charge in [-0.15, -0.1) is 0 Å². The first-order valence-electron chi connectivity index (χ1n) is 6.57. The number of carbonyl (C=O) groups is 1. The lowest BCUT2D eigenvalue weighted by Crippen LogP contribution is -2.66. The van der Waals surface area contributed by atoms with E-state index in [4.69, 9.17) is 9.47 Å². The molecule has 7 nitrogen and oxygen atoms in total. The van der Waals surface area contributed by atoms with Gasteiger partial charge in [0.05, 0.1) is 6.10 Å². The Bertz CT molecular complexity index is 377. The number of hydrogen-bond donors (Lipinski definition) is 4. The van der Waals surface area contributed by atoms with Gasteiger partial charge in [-0.05, 0) is 34.6 Å². The van der Waals surface area contributed by atoms with Gasteiger partial charge in [-0.1, -0.05) is 0 Å². The van der Waals surface area contributed by atoms with Gasteiger partial charge in [0.2, 0.25) is 5.60 Å². The van der Waals surface area contributed by atoms with E-state index in [9.17, 15) is 25.2 Å². The molecule has 1 heterocycles. The lowest BCUT2D eigenvalue weighted by molar-refractivity contribution is -0.221. The van der Waals surface area contributed by atoms with Crippen LogP contribution in [0, 0.1) is 0 Å². The van der Waals surface area contributed by atoms with Crippen LogP contribution in [0.25, 0.3) is 0 Å². The van der Waals surface area contributed by atoms with Gasteiger partial charge in [0.15, 0.2) is 12.1 Å². The van der Waals surface area contributed by atoms with Crippen molar-refractivity contribution in [2.24, 2.45) is 0 Å². The lowest BCUT2D eigenvalue weighted by atomic mass is 9.73. The SMILES string of the molecule is CCOC1O[C@H]([C@](C)(O)C(C)O)[C@](C)(O)[C@]1(O)C(C)=O. The predicted octanol–water partition coefficient (Wildman–Crippen LogP) is -1.05. The van der Waals surface area contributed by atoms with Crippen molar-refractivity contribution in [3.8, 4) is 0 Å². The molecule has 1 rings (SSSR count). The molecule has 0 radical (unpaired) electrons. The summed E-state index contributed by atoms with van der Waals surface area (Å²) in [6.45, 7) is 6.63. The second-order valence-corrected chi connectivity index (χ2v) is 5.68. The van der Waals surface area contributed by atoms with E-state index < -0.39 is 41.1 Å². The highest BCUT2D eigenvalue weighted by Crippen LogP contribution is 2.45. The molecule has 20 heavy (non-hydrogen) atoms. The van der Waals surface area contributed by atoms with Crippen molar-refractivity contribution in [2.45, 2.75) is 69.9 Å². The van der Waals surface area contributed by atoms with Crippen LogP contribution in [0.5, 0.6) is 0 Å². The molecule has 0 spiro atoms. The molecule has 6 atom stereocenters. The Labute approximate surface area is 118 Å². The van der Waals surface area contributed by atoms with Crippen LogP contribution in [0.3, 0.4) is 0 Å². The van der Waals surface area contributed by atoms with Crippen molar-refractivity contribution >= 4 is 5.78 Å². The molecule has 7 heteroatoms. The van der Waals surface area contributed by atoms with E-state index in [0.717, 1.165) is 6.92 Å². The van der Waals surface area contributed by atoms with Crippen LogP contribution in [-0.2, 0) is 14.3 Å². The van der Waals surface area contributed by atoms with E-state index in [0.29, 0.717) is 0 Å². The highest BCUT2D eigenvalue weighted by Gasteiger charge is 2.70. The smallest absolute Gasteiger partial charge is 0.204 e. The Balaban J connectivity index is 3.31. The molecule has 0 aliphatic carbocycles. The second-order valence-electron chi connectivity index (χ2n) is 5.68. The van der Waals surface area contributed by atoms with Crippen molar-refractivity contribution in [3.63, 3.8) is 0 Å². The maximum atomic E-state index is 11.8. The van der Waals surface area contributed by atoms with E-state index in [1.807, 2.05) is 0 Å². The Hall–Kier alpha value is -0.570.